The van der Waals surface area contributed by atoms with Crippen LogP contribution in [0, 0.1) is 13.8 Å². The standard InChI is InChI=1S/C21H25N5O4/c1-12-13(2)22-21-23-18(24-26(21)20(12)28)11-19(27)25-9-5-6-16(25)15-10-14(29-3)7-8-17(15)30-4/h7-8,10,16H,5-6,9,11H2,1-4H3,(H,22,23,24)/t16-/m0/s1. The zero-order valence-corrected chi connectivity index (χ0v) is 17.6. The number of carbonyl (C=O) groups excluding carboxylic acids is 1. The number of amides is 1. The number of fused-ring (bicyclic) bond motifs is 1. The summed E-state index contributed by atoms with van der Waals surface area (Å²) in [4.78, 5) is 36.1. The highest BCUT2D eigenvalue weighted by molar-refractivity contribution is 5.79. The monoisotopic (exact) mass is 411 g/mol. The van der Waals surface area contributed by atoms with Crippen LogP contribution in [0.15, 0.2) is 23.0 Å². The van der Waals surface area contributed by atoms with E-state index in [9.17, 15) is 9.59 Å². The van der Waals surface area contributed by atoms with E-state index in [0.717, 1.165) is 29.9 Å². The Morgan fingerprint density at radius 2 is 2.03 bits per heavy atom. The number of ether oxygens (including phenoxy) is 2. The van der Waals surface area contributed by atoms with Gasteiger partial charge < -0.3 is 14.4 Å². The molecule has 1 aliphatic heterocycles. The first-order chi connectivity index (χ1) is 14.4. The van der Waals surface area contributed by atoms with Crippen LogP contribution in [0.25, 0.3) is 5.78 Å². The molecule has 1 atom stereocenters. The highest BCUT2D eigenvalue weighted by Gasteiger charge is 2.32. The van der Waals surface area contributed by atoms with Gasteiger partial charge in [-0.25, -0.2) is 4.98 Å². The van der Waals surface area contributed by atoms with Gasteiger partial charge in [-0.15, -0.1) is 0 Å². The first-order valence-electron chi connectivity index (χ1n) is 9.89. The molecule has 0 radical (unpaired) electrons. The normalized spacial score (nSPS) is 16.3. The van der Waals surface area contributed by atoms with Crippen LogP contribution in [0.2, 0.25) is 0 Å². The van der Waals surface area contributed by atoms with E-state index >= 15 is 0 Å². The van der Waals surface area contributed by atoms with Crippen LogP contribution in [-0.2, 0) is 11.2 Å². The van der Waals surface area contributed by atoms with Crippen molar-refractivity contribution in [2.24, 2.45) is 0 Å². The summed E-state index contributed by atoms with van der Waals surface area (Å²) in [5, 5.41) is 2.92. The second-order valence-corrected chi connectivity index (χ2v) is 7.46. The van der Waals surface area contributed by atoms with E-state index in [1.807, 2.05) is 23.1 Å². The Kier molecular flexibility index (Phi) is 5.19. The predicted octanol–water partition coefficient (Wildman–Crippen LogP) is 1.96. The van der Waals surface area contributed by atoms with Gasteiger partial charge >= 0.3 is 0 Å². The summed E-state index contributed by atoms with van der Waals surface area (Å²) in [6.07, 6.45) is 1.80. The van der Waals surface area contributed by atoms with Gasteiger partial charge in [0.1, 0.15) is 17.3 Å². The Bertz CT molecular complexity index is 1170. The van der Waals surface area contributed by atoms with Crippen molar-refractivity contribution in [2.75, 3.05) is 20.8 Å². The third-order valence-corrected chi connectivity index (χ3v) is 5.70. The fraction of sp³-hybridized carbons (Fsp3) is 0.429. The maximum Gasteiger partial charge on any atom is 0.277 e. The summed E-state index contributed by atoms with van der Waals surface area (Å²) in [5.74, 6) is 2.07. The van der Waals surface area contributed by atoms with E-state index in [4.69, 9.17) is 9.47 Å². The molecule has 4 rings (SSSR count). The molecule has 1 aromatic carbocycles. The maximum absolute atomic E-state index is 13.1. The molecule has 3 aromatic rings. The zero-order valence-electron chi connectivity index (χ0n) is 17.6. The molecule has 30 heavy (non-hydrogen) atoms. The fourth-order valence-corrected chi connectivity index (χ4v) is 3.96. The number of aromatic amines is 1. The highest BCUT2D eigenvalue weighted by Crippen LogP contribution is 2.39. The minimum atomic E-state index is -0.205. The van der Waals surface area contributed by atoms with Crippen LogP contribution in [0.3, 0.4) is 0 Å². The Labute approximate surface area is 173 Å². The number of benzene rings is 1. The van der Waals surface area contributed by atoms with Gasteiger partial charge in [0.15, 0.2) is 0 Å². The molecule has 0 unspecified atom stereocenters. The number of carbonyl (C=O) groups is 1. The average molecular weight is 411 g/mol. The smallest absolute Gasteiger partial charge is 0.277 e. The lowest BCUT2D eigenvalue weighted by Gasteiger charge is -2.26. The topological polar surface area (TPSA) is 102 Å². The van der Waals surface area contributed by atoms with Crippen LogP contribution in [-0.4, -0.2) is 51.2 Å². The minimum absolute atomic E-state index is 0.0592. The first-order valence-corrected chi connectivity index (χ1v) is 9.89. The van der Waals surface area contributed by atoms with Crippen molar-refractivity contribution in [3.8, 4) is 11.5 Å². The number of likely N-dealkylation sites (tertiary alicyclic amines) is 1. The van der Waals surface area contributed by atoms with E-state index in [-0.39, 0.29) is 29.7 Å². The van der Waals surface area contributed by atoms with Crippen LogP contribution in [0.5, 0.6) is 11.5 Å². The van der Waals surface area contributed by atoms with Crippen molar-refractivity contribution in [3.63, 3.8) is 0 Å². The lowest BCUT2D eigenvalue weighted by Crippen LogP contribution is -2.32. The van der Waals surface area contributed by atoms with Gasteiger partial charge in [0.2, 0.25) is 5.91 Å². The molecule has 1 saturated heterocycles. The van der Waals surface area contributed by atoms with E-state index in [1.165, 1.54) is 4.52 Å². The lowest BCUT2D eigenvalue weighted by atomic mass is 10.0. The number of nitrogens with zero attached hydrogens (tertiary/aromatic N) is 4. The highest BCUT2D eigenvalue weighted by atomic mass is 16.5. The van der Waals surface area contributed by atoms with Crippen molar-refractivity contribution < 1.29 is 14.3 Å². The minimum Gasteiger partial charge on any atom is -0.497 e. The summed E-state index contributed by atoms with van der Waals surface area (Å²) in [5.41, 5.74) is 1.91. The molecule has 0 spiro atoms. The van der Waals surface area contributed by atoms with E-state index in [1.54, 1.807) is 28.1 Å². The molecule has 0 aliphatic carbocycles. The third kappa shape index (κ3) is 3.40. The predicted molar refractivity (Wildman–Crippen MR) is 110 cm³/mol. The summed E-state index contributed by atoms with van der Waals surface area (Å²) in [6.45, 7) is 4.15. The Morgan fingerprint density at radius 3 is 2.77 bits per heavy atom. The van der Waals surface area contributed by atoms with Gasteiger partial charge in [-0.05, 0) is 44.9 Å². The number of hydrogen-bond acceptors (Lipinski definition) is 6. The SMILES string of the molecule is COc1ccc(OC)c([C@@H]2CCCN2C(=O)Cc2nc3nc(C)c(C)c(=O)n3[nH]2)c1. The number of aryl methyl sites for hydroxylation is 1. The van der Waals surface area contributed by atoms with Crippen LogP contribution >= 0.6 is 0 Å². The maximum atomic E-state index is 13.1. The second kappa shape index (κ2) is 7.81. The molecule has 9 nitrogen and oxygen atoms in total. The second-order valence-electron chi connectivity index (χ2n) is 7.46. The Balaban J connectivity index is 1.61. The number of aromatic nitrogens is 4. The molecule has 1 N–H and O–H groups in total. The molecule has 158 valence electrons. The van der Waals surface area contributed by atoms with Crippen molar-refractivity contribution in [1.29, 1.82) is 0 Å². The molecular formula is C21H25N5O4. The van der Waals surface area contributed by atoms with Crippen molar-refractivity contribution in [1.82, 2.24) is 24.5 Å². The molecule has 1 amide bonds. The summed E-state index contributed by atoms with van der Waals surface area (Å²) in [7, 11) is 3.24. The molecule has 1 aliphatic rings. The van der Waals surface area contributed by atoms with Gasteiger partial charge in [-0.1, -0.05) is 0 Å². The van der Waals surface area contributed by atoms with Crippen molar-refractivity contribution in [3.05, 3.63) is 51.2 Å². The number of nitrogens with one attached hydrogen (secondary N) is 1. The van der Waals surface area contributed by atoms with Crippen LogP contribution in [0.1, 0.15) is 41.5 Å². The molecule has 2 aromatic heterocycles. The fourth-order valence-electron chi connectivity index (χ4n) is 3.96. The summed E-state index contributed by atoms with van der Waals surface area (Å²) < 4.78 is 12.2. The summed E-state index contributed by atoms with van der Waals surface area (Å²) in [6, 6.07) is 5.52. The van der Waals surface area contributed by atoms with Gasteiger partial charge in [0.25, 0.3) is 11.3 Å². The molecule has 0 bridgehead atoms. The van der Waals surface area contributed by atoms with E-state index in [0.29, 0.717) is 23.6 Å². The molecule has 1 fully saturated rings. The number of rotatable bonds is 5. The molecule has 3 heterocycles. The Hall–Kier alpha value is -3.36. The zero-order chi connectivity index (χ0) is 21.4. The molecular weight excluding hydrogens is 386 g/mol. The lowest BCUT2D eigenvalue weighted by molar-refractivity contribution is -0.131. The van der Waals surface area contributed by atoms with Crippen molar-refractivity contribution >= 4 is 11.7 Å². The number of H-pyrrole nitrogens is 1. The third-order valence-electron chi connectivity index (χ3n) is 5.70. The number of hydrogen-bond donors (Lipinski definition) is 1. The van der Waals surface area contributed by atoms with E-state index < -0.39 is 0 Å². The first kappa shape index (κ1) is 19.9. The number of methoxy groups -OCH3 is 2. The van der Waals surface area contributed by atoms with E-state index in [2.05, 4.69) is 15.1 Å². The largest absolute Gasteiger partial charge is 0.497 e. The average Bonchev–Trinajstić information content (AvgIpc) is 3.38. The summed E-state index contributed by atoms with van der Waals surface area (Å²) >= 11 is 0. The van der Waals surface area contributed by atoms with Gasteiger partial charge in [0.05, 0.1) is 26.7 Å². The quantitative estimate of drug-likeness (QED) is 0.689. The van der Waals surface area contributed by atoms with Gasteiger partial charge in [-0.2, -0.15) is 9.50 Å². The van der Waals surface area contributed by atoms with Crippen molar-refractivity contribution in [2.45, 2.75) is 39.2 Å². The van der Waals surface area contributed by atoms with Crippen LogP contribution < -0.4 is 15.0 Å². The van der Waals surface area contributed by atoms with Gasteiger partial charge in [-0.3, -0.25) is 14.7 Å². The molecule has 9 heteroatoms. The molecule has 0 saturated carbocycles. The van der Waals surface area contributed by atoms with Gasteiger partial charge in [0, 0.05) is 23.4 Å². The van der Waals surface area contributed by atoms with Crippen LogP contribution in [0.4, 0.5) is 0 Å². The Morgan fingerprint density at radius 1 is 1.23 bits per heavy atom.